The quantitative estimate of drug-likeness (QED) is 0.181. The third-order valence-corrected chi connectivity index (χ3v) is 14.5. The highest BCUT2D eigenvalue weighted by molar-refractivity contribution is 6.74. The first-order valence-corrected chi connectivity index (χ1v) is 19.4. The van der Waals surface area contributed by atoms with Gasteiger partial charge in [0.1, 0.15) is 12.3 Å². The lowest BCUT2D eigenvalue weighted by molar-refractivity contribution is 0.0850. The van der Waals surface area contributed by atoms with Crippen LogP contribution < -0.4 is 10.1 Å². The number of carbonyl (C=O) groups is 1. The van der Waals surface area contributed by atoms with Gasteiger partial charge in [-0.25, -0.2) is 9.97 Å². The van der Waals surface area contributed by atoms with Gasteiger partial charge >= 0.3 is 7.41 Å². The van der Waals surface area contributed by atoms with Gasteiger partial charge < -0.3 is 29.0 Å². The van der Waals surface area contributed by atoms with Crippen molar-refractivity contribution in [3.63, 3.8) is 0 Å². The van der Waals surface area contributed by atoms with Crippen LogP contribution in [0.3, 0.4) is 0 Å². The Balaban J connectivity index is 1.47. The zero-order valence-electron chi connectivity index (χ0n) is 29.2. The monoisotopic (exact) mass is 651 g/mol. The normalized spacial score (nSPS) is 18.6. The van der Waals surface area contributed by atoms with Crippen molar-refractivity contribution in [2.24, 2.45) is 0 Å². The van der Waals surface area contributed by atoms with E-state index in [9.17, 15) is 10.1 Å². The van der Waals surface area contributed by atoms with Crippen LogP contribution in [-0.4, -0.2) is 77.2 Å². The summed E-state index contributed by atoms with van der Waals surface area (Å²) in [6.07, 6.45) is 4.60. The summed E-state index contributed by atoms with van der Waals surface area (Å²) in [6.45, 7) is 16.8. The van der Waals surface area contributed by atoms with Crippen LogP contribution >= 0.6 is 0 Å². The third kappa shape index (κ3) is 7.62. The summed E-state index contributed by atoms with van der Waals surface area (Å²) in [4.78, 5) is 25.2. The molecular weight excluding hydrogens is 603 g/mol. The van der Waals surface area contributed by atoms with Crippen LogP contribution in [0.5, 0.6) is 0 Å². The summed E-state index contributed by atoms with van der Waals surface area (Å²) < 4.78 is 12.3. The Morgan fingerprint density at radius 2 is 1.96 bits per heavy atom. The lowest BCUT2D eigenvalue weighted by Gasteiger charge is -2.39. The van der Waals surface area contributed by atoms with E-state index in [0.717, 1.165) is 61.3 Å². The zero-order chi connectivity index (χ0) is 34.0. The minimum Gasteiger partial charge on any atom is -0.416 e. The second-order valence-electron chi connectivity index (χ2n) is 15.0. The van der Waals surface area contributed by atoms with Crippen LogP contribution in [-0.2, 0) is 25.9 Å². The molecule has 2 aromatic carbocycles. The molecule has 3 heterocycles. The van der Waals surface area contributed by atoms with Gasteiger partial charge in [0.2, 0.25) is 5.95 Å². The zero-order valence-corrected chi connectivity index (χ0v) is 30.2. The summed E-state index contributed by atoms with van der Waals surface area (Å²) in [6, 6.07) is 14.8. The topological polar surface area (TPSA) is 104 Å². The fourth-order valence-electron chi connectivity index (χ4n) is 6.33. The van der Waals surface area contributed by atoms with Gasteiger partial charge in [0.05, 0.1) is 11.3 Å². The van der Waals surface area contributed by atoms with E-state index in [1.54, 1.807) is 6.20 Å². The number of nitriles is 1. The number of hydrogen-bond acceptors (Lipinski definition) is 9. The molecule has 247 valence electrons. The molecule has 0 saturated carbocycles. The Morgan fingerprint density at radius 3 is 2.62 bits per heavy atom. The van der Waals surface area contributed by atoms with Crippen LogP contribution in [0.4, 0.5) is 17.3 Å². The second-order valence-corrected chi connectivity index (χ2v) is 19.8. The summed E-state index contributed by atoms with van der Waals surface area (Å²) in [5, 5.41) is 13.8. The summed E-state index contributed by atoms with van der Waals surface area (Å²) in [7, 11) is 3.64. The Morgan fingerprint density at radius 1 is 1.21 bits per heavy atom. The first kappa shape index (κ1) is 34.8. The Labute approximate surface area is 282 Å². The molecule has 1 saturated heterocycles. The molecule has 1 fully saturated rings. The van der Waals surface area contributed by atoms with E-state index in [2.05, 4.69) is 100 Å². The van der Waals surface area contributed by atoms with Gasteiger partial charge in [-0.2, -0.15) is 5.26 Å². The van der Waals surface area contributed by atoms with Crippen molar-refractivity contribution in [1.29, 1.82) is 5.26 Å². The number of nitrogens with zero attached hydrogens (tertiary/aromatic N) is 5. The summed E-state index contributed by atoms with van der Waals surface area (Å²) in [5.74, 6) is 0.982. The molecule has 1 atom stereocenters. The van der Waals surface area contributed by atoms with E-state index in [4.69, 9.17) is 14.1 Å². The molecular formula is C36H48BN6O3Si. The van der Waals surface area contributed by atoms with Gasteiger partial charge in [-0.15, -0.1) is 0 Å². The van der Waals surface area contributed by atoms with Crippen LogP contribution in [0.1, 0.15) is 68.7 Å². The number of rotatable bonds is 11. The fraction of sp³-hybridized carbons (Fsp3) is 0.500. The van der Waals surface area contributed by atoms with Crippen molar-refractivity contribution in [1.82, 2.24) is 14.9 Å². The molecule has 9 nitrogen and oxygen atoms in total. The minimum atomic E-state index is -2.05. The number of benzene rings is 2. The summed E-state index contributed by atoms with van der Waals surface area (Å²) >= 11 is 0. The van der Waals surface area contributed by atoms with Gasteiger partial charge in [0.15, 0.2) is 8.32 Å². The molecule has 11 heteroatoms. The number of carbonyl (C=O) groups excluding carboxylic acids is 1. The van der Waals surface area contributed by atoms with Crippen molar-refractivity contribution < 1.29 is 14.0 Å². The standard InChI is InChI=1S/C36H48BN6O3Si/c1-35(2,3)47(7,8)46-23-36(4)22-43(37-24-44)33-27(20-38)17-26(19-31(33)36)32-11-14-39-34(41-32)40-29-9-10-30(25-12-15-45-16-13-25)28(18-29)21-42(5)6/h9-11,14,17-19,24-25H,12-13,15-16,21-23H2,1-8H3,(H,39,40,41)/t36-/m1/s1. The maximum absolute atomic E-state index is 11.6. The van der Waals surface area contributed by atoms with Crippen molar-refractivity contribution >= 4 is 39.2 Å². The molecule has 2 aliphatic rings. The van der Waals surface area contributed by atoms with Gasteiger partial charge in [-0.05, 0) is 98.0 Å². The molecule has 1 N–H and O–H groups in total. The van der Waals surface area contributed by atoms with Gasteiger partial charge in [0, 0.05) is 61.5 Å². The number of fused-ring (bicyclic) bond motifs is 1. The van der Waals surface area contributed by atoms with E-state index in [1.165, 1.54) is 18.5 Å². The number of anilines is 3. The van der Waals surface area contributed by atoms with E-state index in [0.29, 0.717) is 36.3 Å². The molecule has 1 aromatic heterocycles. The van der Waals surface area contributed by atoms with E-state index in [1.807, 2.05) is 16.9 Å². The molecule has 0 aliphatic carbocycles. The number of nitrogens with one attached hydrogen (secondary N) is 1. The smallest absolute Gasteiger partial charge is 0.329 e. The lowest BCUT2D eigenvalue weighted by atomic mass is 9.83. The average molecular weight is 652 g/mol. The van der Waals surface area contributed by atoms with Crippen molar-refractivity contribution in [2.45, 2.75) is 76.5 Å². The largest absolute Gasteiger partial charge is 0.416 e. The first-order valence-electron chi connectivity index (χ1n) is 16.5. The highest BCUT2D eigenvalue weighted by atomic mass is 28.4. The Bertz CT molecular complexity index is 1650. The SMILES string of the molecule is CN(C)Cc1cc(Nc2nccc(-c3cc(C#N)c4c(c3)[C@@](C)(CO[Si](C)(C)C(C)(C)C)CN4[B]C=O)n2)ccc1C1CCOCC1. The molecule has 1 radical (unpaired) electrons. The molecule has 47 heavy (non-hydrogen) atoms. The van der Waals surface area contributed by atoms with Crippen molar-refractivity contribution in [3.8, 4) is 17.3 Å². The van der Waals surface area contributed by atoms with Crippen molar-refractivity contribution in [3.05, 3.63) is 64.8 Å². The predicted molar refractivity (Wildman–Crippen MR) is 192 cm³/mol. The van der Waals surface area contributed by atoms with Gasteiger partial charge in [-0.1, -0.05) is 33.8 Å². The summed E-state index contributed by atoms with van der Waals surface area (Å²) in [5.41, 5.74) is 6.93. The second kappa shape index (κ2) is 13.9. The van der Waals surface area contributed by atoms with Crippen LogP contribution in [0.2, 0.25) is 18.1 Å². The highest BCUT2D eigenvalue weighted by Crippen LogP contribution is 2.46. The van der Waals surface area contributed by atoms with E-state index < -0.39 is 13.7 Å². The average Bonchev–Trinajstić information content (AvgIpc) is 3.31. The van der Waals surface area contributed by atoms with Crippen molar-refractivity contribution in [2.75, 3.05) is 50.6 Å². The molecule has 0 spiro atoms. The Kier molecular flexibility index (Phi) is 10.3. The predicted octanol–water partition coefficient (Wildman–Crippen LogP) is 6.62. The molecule has 0 unspecified atom stereocenters. The lowest BCUT2D eigenvalue weighted by Crippen LogP contribution is -2.46. The first-order chi connectivity index (χ1) is 22.2. The molecule has 5 rings (SSSR count). The fourth-order valence-corrected chi connectivity index (χ4v) is 7.45. The maximum atomic E-state index is 11.6. The maximum Gasteiger partial charge on any atom is 0.329 e. The molecule has 0 bridgehead atoms. The number of hydrogen-bond donors (Lipinski definition) is 1. The van der Waals surface area contributed by atoms with E-state index >= 15 is 0 Å². The van der Waals surface area contributed by atoms with E-state index in [-0.39, 0.29) is 5.04 Å². The van der Waals surface area contributed by atoms with Crippen LogP contribution in [0.25, 0.3) is 11.3 Å². The molecule has 2 aliphatic heterocycles. The van der Waals surface area contributed by atoms with Gasteiger partial charge in [-0.3, -0.25) is 0 Å². The molecule has 3 aromatic rings. The van der Waals surface area contributed by atoms with Gasteiger partial charge in [0.25, 0.3) is 0 Å². The molecule has 0 amide bonds. The number of ether oxygens (including phenoxy) is 1. The third-order valence-electron chi connectivity index (χ3n) is 9.98. The Hall–Kier alpha value is -3.56. The van der Waals surface area contributed by atoms with Crippen LogP contribution in [0, 0.1) is 11.3 Å². The minimum absolute atomic E-state index is 0.0573. The van der Waals surface area contributed by atoms with Crippen LogP contribution in [0.15, 0.2) is 42.6 Å². The number of aromatic nitrogens is 2. The highest BCUT2D eigenvalue weighted by Gasteiger charge is 2.44.